The summed E-state index contributed by atoms with van der Waals surface area (Å²) in [7, 11) is 0. The molecule has 2 rings (SSSR count). The summed E-state index contributed by atoms with van der Waals surface area (Å²) >= 11 is 0. The van der Waals surface area contributed by atoms with E-state index in [-0.39, 0.29) is 0 Å². The summed E-state index contributed by atoms with van der Waals surface area (Å²) in [6, 6.07) is 6.49. The zero-order valence-corrected chi connectivity index (χ0v) is 10.7. The van der Waals surface area contributed by atoms with Gasteiger partial charge in [0, 0.05) is 24.8 Å². The Morgan fingerprint density at radius 2 is 1.40 bits per heavy atom. The van der Waals surface area contributed by atoms with Gasteiger partial charge in [-0.15, -0.1) is 0 Å². The molecule has 0 N–H and O–H groups in total. The third kappa shape index (κ3) is 3.04. The Hall–Kier alpha value is -2.17. The molecule has 20 heavy (non-hydrogen) atoms. The summed E-state index contributed by atoms with van der Waals surface area (Å²) in [5.41, 5.74) is 0.921. The van der Waals surface area contributed by atoms with E-state index < -0.39 is 31.0 Å². The van der Waals surface area contributed by atoms with Crippen molar-refractivity contribution < 1.29 is 13.6 Å². The molecule has 0 aromatic carbocycles. The summed E-state index contributed by atoms with van der Waals surface area (Å²) in [6.07, 6.45) is 5.94. The molecule has 2 atom stereocenters. The van der Waals surface area contributed by atoms with Crippen LogP contribution in [0, 0.1) is 0 Å². The minimum atomic E-state index is -0.996. The Kier molecular flexibility index (Phi) is 4.87. The standard InChI is InChI=1S/C15H14F2N2O/c16-7-13(11-3-1-5-18-9-11)15(20)14(8-17)12-4-2-6-19-10-12/h1-6,9-10,13-14H,7-8H2. The summed E-state index contributed by atoms with van der Waals surface area (Å²) < 4.78 is 26.4. The van der Waals surface area contributed by atoms with Crippen molar-refractivity contribution in [3.8, 4) is 0 Å². The Morgan fingerprint density at radius 3 is 1.70 bits per heavy atom. The molecular formula is C15H14F2N2O. The zero-order valence-electron chi connectivity index (χ0n) is 10.7. The fraction of sp³-hybridized carbons (Fsp3) is 0.267. The molecule has 3 nitrogen and oxygen atoms in total. The van der Waals surface area contributed by atoms with Crippen LogP contribution in [0.25, 0.3) is 0 Å². The zero-order chi connectivity index (χ0) is 14.4. The highest BCUT2D eigenvalue weighted by Gasteiger charge is 2.29. The molecule has 2 unspecified atom stereocenters. The lowest BCUT2D eigenvalue weighted by Gasteiger charge is -2.18. The van der Waals surface area contributed by atoms with E-state index in [1.165, 1.54) is 24.8 Å². The van der Waals surface area contributed by atoms with E-state index in [2.05, 4.69) is 9.97 Å². The molecule has 0 bridgehead atoms. The quantitative estimate of drug-likeness (QED) is 0.814. The number of halogens is 2. The Labute approximate surface area is 115 Å². The molecule has 0 aliphatic rings. The van der Waals surface area contributed by atoms with Crippen molar-refractivity contribution in [2.75, 3.05) is 13.3 Å². The molecule has 0 amide bonds. The second-order valence-corrected chi connectivity index (χ2v) is 4.39. The average molecular weight is 276 g/mol. The lowest BCUT2D eigenvalue weighted by Crippen LogP contribution is -2.24. The van der Waals surface area contributed by atoms with E-state index in [9.17, 15) is 13.6 Å². The number of hydrogen-bond acceptors (Lipinski definition) is 3. The van der Waals surface area contributed by atoms with Crippen LogP contribution in [0.15, 0.2) is 49.1 Å². The van der Waals surface area contributed by atoms with Gasteiger partial charge in [0.25, 0.3) is 0 Å². The molecule has 0 spiro atoms. The number of ketones is 1. The van der Waals surface area contributed by atoms with E-state index >= 15 is 0 Å². The minimum Gasteiger partial charge on any atom is -0.298 e. The topological polar surface area (TPSA) is 42.9 Å². The van der Waals surface area contributed by atoms with Crippen LogP contribution in [-0.2, 0) is 4.79 Å². The third-order valence-corrected chi connectivity index (χ3v) is 3.17. The van der Waals surface area contributed by atoms with E-state index in [0.717, 1.165) is 0 Å². The first-order valence-corrected chi connectivity index (χ1v) is 6.23. The third-order valence-electron chi connectivity index (χ3n) is 3.17. The van der Waals surface area contributed by atoms with Gasteiger partial charge in [-0.2, -0.15) is 0 Å². The second kappa shape index (κ2) is 6.84. The first kappa shape index (κ1) is 14.2. The first-order chi connectivity index (χ1) is 9.77. The maximum atomic E-state index is 13.2. The van der Waals surface area contributed by atoms with Gasteiger partial charge in [-0.1, -0.05) is 12.1 Å². The summed E-state index contributed by atoms with van der Waals surface area (Å²) in [4.78, 5) is 20.1. The molecule has 2 heterocycles. The van der Waals surface area contributed by atoms with Gasteiger partial charge in [0.05, 0.1) is 11.8 Å². The largest absolute Gasteiger partial charge is 0.298 e. The first-order valence-electron chi connectivity index (χ1n) is 6.23. The molecule has 104 valence electrons. The summed E-state index contributed by atoms with van der Waals surface area (Å²) in [5, 5.41) is 0. The number of pyridine rings is 2. The van der Waals surface area contributed by atoms with E-state index in [4.69, 9.17) is 0 Å². The van der Waals surface area contributed by atoms with E-state index in [0.29, 0.717) is 11.1 Å². The van der Waals surface area contributed by atoms with Gasteiger partial charge in [-0.25, -0.2) is 8.78 Å². The molecule has 0 radical (unpaired) electrons. The van der Waals surface area contributed by atoms with Crippen molar-refractivity contribution in [1.82, 2.24) is 9.97 Å². The Balaban J connectivity index is 2.28. The fourth-order valence-electron chi connectivity index (χ4n) is 2.07. The molecule has 0 saturated carbocycles. The number of aromatic nitrogens is 2. The maximum Gasteiger partial charge on any atom is 0.153 e. The van der Waals surface area contributed by atoms with Crippen molar-refractivity contribution in [2.45, 2.75) is 11.8 Å². The van der Waals surface area contributed by atoms with Crippen molar-refractivity contribution >= 4 is 5.78 Å². The molecule has 2 aromatic rings. The average Bonchev–Trinajstić information content (AvgIpc) is 2.51. The SMILES string of the molecule is O=C(C(CF)c1cccnc1)C(CF)c1cccnc1. The monoisotopic (exact) mass is 276 g/mol. The molecule has 0 aliphatic heterocycles. The highest BCUT2D eigenvalue weighted by Crippen LogP contribution is 2.26. The molecule has 2 aromatic heterocycles. The highest BCUT2D eigenvalue weighted by atomic mass is 19.1. The van der Waals surface area contributed by atoms with Gasteiger partial charge >= 0.3 is 0 Å². The van der Waals surface area contributed by atoms with Crippen molar-refractivity contribution in [1.29, 1.82) is 0 Å². The minimum absolute atomic E-state index is 0.461. The normalized spacial score (nSPS) is 13.7. The van der Waals surface area contributed by atoms with Crippen LogP contribution in [-0.4, -0.2) is 29.1 Å². The van der Waals surface area contributed by atoms with Crippen LogP contribution in [0.3, 0.4) is 0 Å². The number of carbonyl (C=O) groups excluding carboxylic acids is 1. The van der Waals surface area contributed by atoms with Crippen molar-refractivity contribution in [3.05, 3.63) is 60.2 Å². The Bertz CT molecular complexity index is 499. The van der Waals surface area contributed by atoms with Gasteiger partial charge in [-0.05, 0) is 23.3 Å². The highest BCUT2D eigenvalue weighted by molar-refractivity contribution is 5.91. The van der Waals surface area contributed by atoms with Crippen LogP contribution in [0.1, 0.15) is 23.0 Å². The fourth-order valence-corrected chi connectivity index (χ4v) is 2.07. The molecule has 5 heteroatoms. The van der Waals surface area contributed by atoms with Gasteiger partial charge in [0.15, 0.2) is 5.78 Å². The lowest BCUT2D eigenvalue weighted by molar-refractivity contribution is -0.122. The number of Topliss-reactive ketones (excluding diaryl/α,β-unsaturated/α-hetero) is 1. The molecule has 0 fully saturated rings. The summed E-state index contributed by atoms with van der Waals surface area (Å²) in [6.45, 7) is -1.75. The number of alkyl halides is 2. The van der Waals surface area contributed by atoms with Crippen LogP contribution < -0.4 is 0 Å². The summed E-state index contributed by atoms with van der Waals surface area (Å²) in [5.74, 6) is -2.48. The van der Waals surface area contributed by atoms with Crippen LogP contribution in [0.2, 0.25) is 0 Å². The smallest absolute Gasteiger partial charge is 0.153 e. The van der Waals surface area contributed by atoms with Gasteiger partial charge in [0.1, 0.15) is 13.3 Å². The maximum absolute atomic E-state index is 13.2. The predicted molar refractivity (Wildman–Crippen MR) is 70.9 cm³/mol. The Morgan fingerprint density at radius 1 is 0.950 bits per heavy atom. The molecule has 0 saturated heterocycles. The van der Waals surface area contributed by atoms with Crippen LogP contribution >= 0.6 is 0 Å². The van der Waals surface area contributed by atoms with Crippen LogP contribution in [0.5, 0.6) is 0 Å². The van der Waals surface area contributed by atoms with E-state index in [1.807, 2.05) is 0 Å². The van der Waals surface area contributed by atoms with E-state index in [1.54, 1.807) is 24.3 Å². The predicted octanol–water partition coefficient (Wildman–Crippen LogP) is 2.85. The van der Waals surface area contributed by atoms with Gasteiger partial charge < -0.3 is 0 Å². The van der Waals surface area contributed by atoms with Crippen molar-refractivity contribution in [3.63, 3.8) is 0 Å². The van der Waals surface area contributed by atoms with Gasteiger partial charge in [0.2, 0.25) is 0 Å². The second-order valence-electron chi connectivity index (χ2n) is 4.39. The van der Waals surface area contributed by atoms with Crippen molar-refractivity contribution in [2.24, 2.45) is 0 Å². The van der Waals surface area contributed by atoms with Gasteiger partial charge in [-0.3, -0.25) is 14.8 Å². The van der Waals surface area contributed by atoms with Crippen LogP contribution in [0.4, 0.5) is 8.78 Å². The number of nitrogens with zero attached hydrogens (tertiary/aromatic N) is 2. The lowest BCUT2D eigenvalue weighted by atomic mass is 9.86. The number of hydrogen-bond donors (Lipinski definition) is 0. The number of carbonyl (C=O) groups is 1. The molecule has 0 aliphatic carbocycles. The molecular weight excluding hydrogens is 262 g/mol. The number of rotatable bonds is 6.